The van der Waals surface area contributed by atoms with Gasteiger partial charge in [0.1, 0.15) is 0 Å². The highest BCUT2D eigenvalue weighted by Gasteiger charge is 2.17. The first-order chi connectivity index (χ1) is 7.88. The first-order valence-corrected chi connectivity index (χ1v) is 4.83. The van der Waals surface area contributed by atoms with E-state index < -0.39 is 0 Å². The standard InChI is InChI=1S/C11H9NO4/c13-5-8-4-12-16-11(8)7-1-2-9-10(3-7)15-6-14-9/h1-4,13H,5-6H2. The fourth-order valence-electron chi connectivity index (χ4n) is 1.65. The third-order valence-corrected chi connectivity index (χ3v) is 2.45. The zero-order valence-corrected chi connectivity index (χ0v) is 8.34. The Bertz CT molecular complexity index is 520. The van der Waals surface area contributed by atoms with Crippen molar-refractivity contribution in [2.24, 2.45) is 0 Å². The van der Waals surface area contributed by atoms with E-state index in [4.69, 9.17) is 19.1 Å². The molecule has 82 valence electrons. The van der Waals surface area contributed by atoms with Crippen LogP contribution in [0.15, 0.2) is 28.9 Å². The van der Waals surface area contributed by atoms with Crippen LogP contribution >= 0.6 is 0 Å². The Labute approximate surface area is 91.2 Å². The van der Waals surface area contributed by atoms with Crippen LogP contribution in [0.3, 0.4) is 0 Å². The molecule has 0 saturated carbocycles. The lowest BCUT2D eigenvalue weighted by molar-refractivity contribution is 0.174. The quantitative estimate of drug-likeness (QED) is 0.830. The van der Waals surface area contributed by atoms with Crippen molar-refractivity contribution in [3.63, 3.8) is 0 Å². The van der Waals surface area contributed by atoms with Crippen molar-refractivity contribution in [2.45, 2.75) is 6.61 Å². The van der Waals surface area contributed by atoms with Crippen molar-refractivity contribution in [1.29, 1.82) is 0 Å². The van der Waals surface area contributed by atoms with Crippen LogP contribution in [-0.4, -0.2) is 17.1 Å². The van der Waals surface area contributed by atoms with Crippen LogP contribution in [0.2, 0.25) is 0 Å². The first-order valence-electron chi connectivity index (χ1n) is 4.83. The molecule has 5 nitrogen and oxygen atoms in total. The lowest BCUT2D eigenvalue weighted by Crippen LogP contribution is -1.92. The largest absolute Gasteiger partial charge is 0.454 e. The van der Waals surface area contributed by atoms with Crippen LogP contribution in [-0.2, 0) is 6.61 Å². The molecule has 0 bridgehead atoms. The molecule has 1 aliphatic rings. The fraction of sp³-hybridized carbons (Fsp3) is 0.182. The molecule has 16 heavy (non-hydrogen) atoms. The number of ether oxygens (including phenoxy) is 2. The molecule has 3 rings (SSSR count). The maximum atomic E-state index is 9.11. The van der Waals surface area contributed by atoms with Gasteiger partial charge in [-0.3, -0.25) is 0 Å². The molecule has 0 saturated heterocycles. The molecule has 0 spiro atoms. The maximum absolute atomic E-state index is 9.11. The highest BCUT2D eigenvalue weighted by Crippen LogP contribution is 2.36. The summed E-state index contributed by atoms with van der Waals surface area (Å²) in [5.74, 6) is 1.95. The number of fused-ring (bicyclic) bond motifs is 1. The minimum Gasteiger partial charge on any atom is -0.454 e. The lowest BCUT2D eigenvalue weighted by Gasteiger charge is -2.00. The number of nitrogens with zero attached hydrogens (tertiary/aromatic N) is 1. The Morgan fingerprint density at radius 2 is 2.12 bits per heavy atom. The lowest BCUT2D eigenvalue weighted by atomic mass is 10.1. The van der Waals surface area contributed by atoms with Crippen LogP contribution in [0.4, 0.5) is 0 Å². The molecule has 1 aliphatic heterocycles. The third kappa shape index (κ3) is 1.33. The van der Waals surface area contributed by atoms with Gasteiger partial charge in [0.05, 0.1) is 12.8 Å². The van der Waals surface area contributed by atoms with E-state index in [2.05, 4.69) is 5.16 Å². The van der Waals surface area contributed by atoms with E-state index >= 15 is 0 Å². The molecule has 0 fully saturated rings. The van der Waals surface area contributed by atoms with E-state index in [9.17, 15) is 0 Å². The molecule has 0 amide bonds. The van der Waals surface area contributed by atoms with Gasteiger partial charge < -0.3 is 19.1 Å². The highest BCUT2D eigenvalue weighted by atomic mass is 16.7. The third-order valence-electron chi connectivity index (χ3n) is 2.45. The molecule has 1 N–H and O–H groups in total. The highest BCUT2D eigenvalue weighted by molar-refractivity contribution is 5.65. The maximum Gasteiger partial charge on any atom is 0.231 e. The second-order valence-corrected chi connectivity index (χ2v) is 3.41. The molecule has 2 heterocycles. The van der Waals surface area contributed by atoms with Gasteiger partial charge in [-0.05, 0) is 18.2 Å². The van der Waals surface area contributed by atoms with Crippen LogP contribution < -0.4 is 9.47 Å². The average Bonchev–Trinajstić information content (AvgIpc) is 2.96. The van der Waals surface area contributed by atoms with E-state index in [1.807, 2.05) is 12.1 Å². The van der Waals surface area contributed by atoms with Gasteiger partial charge in [0.15, 0.2) is 17.3 Å². The Kier molecular flexibility index (Phi) is 2.04. The molecular formula is C11H9NO4. The summed E-state index contributed by atoms with van der Waals surface area (Å²) in [6.07, 6.45) is 1.50. The minimum absolute atomic E-state index is 0.104. The number of aliphatic hydroxyl groups is 1. The van der Waals surface area contributed by atoms with Gasteiger partial charge in [0.2, 0.25) is 6.79 Å². The molecule has 2 aromatic rings. The summed E-state index contributed by atoms with van der Waals surface area (Å²) in [4.78, 5) is 0. The second-order valence-electron chi connectivity index (χ2n) is 3.41. The summed E-state index contributed by atoms with van der Waals surface area (Å²) in [6.45, 7) is 0.134. The number of hydrogen-bond donors (Lipinski definition) is 1. The Balaban J connectivity index is 2.07. The SMILES string of the molecule is OCc1cnoc1-c1ccc2c(c1)OCO2. The van der Waals surface area contributed by atoms with E-state index in [0.29, 0.717) is 22.8 Å². The Morgan fingerprint density at radius 1 is 1.25 bits per heavy atom. The molecule has 1 aromatic heterocycles. The van der Waals surface area contributed by atoms with Crippen LogP contribution in [0.25, 0.3) is 11.3 Å². The number of rotatable bonds is 2. The monoisotopic (exact) mass is 219 g/mol. The number of benzene rings is 1. The van der Waals surface area contributed by atoms with Crippen LogP contribution in [0.1, 0.15) is 5.56 Å². The van der Waals surface area contributed by atoms with Crippen molar-refractivity contribution in [2.75, 3.05) is 6.79 Å². The normalized spacial score (nSPS) is 13.1. The van der Waals surface area contributed by atoms with Gasteiger partial charge in [-0.2, -0.15) is 0 Å². The molecule has 0 aliphatic carbocycles. The summed E-state index contributed by atoms with van der Waals surface area (Å²) in [6, 6.07) is 5.45. The van der Waals surface area contributed by atoms with Gasteiger partial charge in [0.25, 0.3) is 0 Å². The zero-order chi connectivity index (χ0) is 11.0. The summed E-state index contributed by atoms with van der Waals surface area (Å²) < 4.78 is 15.6. The number of hydrogen-bond acceptors (Lipinski definition) is 5. The van der Waals surface area contributed by atoms with Gasteiger partial charge >= 0.3 is 0 Å². The zero-order valence-electron chi connectivity index (χ0n) is 8.34. The smallest absolute Gasteiger partial charge is 0.231 e. The topological polar surface area (TPSA) is 64.7 Å². The van der Waals surface area contributed by atoms with Crippen molar-refractivity contribution in [3.8, 4) is 22.8 Å². The number of aliphatic hydroxyl groups excluding tert-OH is 1. The molecule has 0 radical (unpaired) electrons. The fourth-order valence-corrected chi connectivity index (χ4v) is 1.65. The van der Waals surface area contributed by atoms with Crippen molar-refractivity contribution < 1.29 is 19.1 Å². The summed E-state index contributed by atoms with van der Waals surface area (Å²) >= 11 is 0. The Hall–Kier alpha value is -2.01. The predicted molar refractivity (Wildman–Crippen MR) is 54.0 cm³/mol. The molecular weight excluding hydrogens is 210 g/mol. The van der Waals surface area contributed by atoms with Gasteiger partial charge in [0, 0.05) is 11.1 Å². The summed E-state index contributed by atoms with van der Waals surface area (Å²) in [7, 11) is 0. The predicted octanol–water partition coefficient (Wildman–Crippen LogP) is 1.56. The van der Waals surface area contributed by atoms with Gasteiger partial charge in [-0.15, -0.1) is 0 Å². The first kappa shape index (κ1) is 9.23. The van der Waals surface area contributed by atoms with Gasteiger partial charge in [-0.1, -0.05) is 5.16 Å². The molecule has 5 heteroatoms. The molecule has 1 aromatic carbocycles. The van der Waals surface area contributed by atoms with Gasteiger partial charge in [-0.25, -0.2) is 0 Å². The van der Waals surface area contributed by atoms with Crippen molar-refractivity contribution in [1.82, 2.24) is 5.16 Å². The number of aromatic nitrogens is 1. The van der Waals surface area contributed by atoms with E-state index in [1.165, 1.54) is 6.20 Å². The van der Waals surface area contributed by atoms with E-state index in [0.717, 1.165) is 5.56 Å². The van der Waals surface area contributed by atoms with E-state index in [1.54, 1.807) is 6.07 Å². The minimum atomic E-state index is -0.104. The summed E-state index contributed by atoms with van der Waals surface area (Å²) in [5, 5.41) is 12.8. The van der Waals surface area contributed by atoms with E-state index in [-0.39, 0.29) is 13.4 Å². The molecule has 0 atom stereocenters. The molecule has 0 unspecified atom stereocenters. The second kappa shape index (κ2) is 3.53. The van der Waals surface area contributed by atoms with Crippen molar-refractivity contribution in [3.05, 3.63) is 30.0 Å². The summed E-state index contributed by atoms with van der Waals surface area (Å²) in [5.41, 5.74) is 1.46. The average molecular weight is 219 g/mol. The van der Waals surface area contributed by atoms with Crippen LogP contribution in [0.5, 0.6) is 11.5 Å². The Morgan fingerprint density at radius 3 is 3.00 bits per heavy atom. The van der Waals surface area contributed by atoms with Crippen LogP contribution in [0, 0.1) is 0 Å². The van der Waals surface area contributed by atoms with Crippen molar-refractivity contribution >= 4 is 0 Å².